The standard InChI is InChI=1S/C23H22BrN3O2/c24-19-13-7-12-18(14-19)20(26-23(25)29)15-21(28)27-22(16-8-3-1-4-9-16)17-10-5-2-6-11-17/h1-14,20,22H,15H2,(H,27,28)(H3,25,26,29)/t20-/m0/s1. The molecule has 0 aliphatic carbocycles. The molecule has 0 heterocycles. The van der Waals surface area contributed by atoms with Crippen molar-refractivity contribution in [3.63, 3.8) is 0 Å². The fourth-order valence-corrected chi connectivity index (χ4v) is 3.62. The first-order valence-electron chi connectivity index (χ1n) is 9.23. The van der Waals surface area contributed by atoms with Gasteiger partial charge in [0.2, 0.25) is 5.91 Å². The summed E-state index contributed by atoms with van der Waals surface area (Å²) in [7, 11) is 0. The van der Waals surface area contributed by atoms with Gasteiger partial charge in [0.05, 0.1) is 18.5 Å². The summed E-state index contributed by atoms with van der Waals surface area (Å²) in [5.74, 6) is -0.193. The van der Waals surface area contributed by atoms with Gasteiger partial charge >= 0.3 is 6.03 Å². The number of amides is 3. The fourth-order valence-electron chi connectivity index (χ4n) is 3.20. The molecule has 1 atom stereocenters. The summed E-state index contributed by atoms with van der Waals surface area (Å²) >= 11 is 3.42. The van der Waals surface area contributed by atoms with Gasteiger partial charge in [-0.25, -0.2) is 4.79 Å². The van der Waals surface area contributed by atoms with Crippen LogP contribution in [0.3, 0.4) is 0 Å². The van der Waals surface area contributed by atoms with E-state index in [9.17, 15) is 9.59 Å². The maximum Gasteiger partial charge on any atom is 0.312 e. The highest BCUT2D eigenvalue weighted by Crippen LogP contribution is 2.24. The van der Waals surface area contributed by atoms with Crippen LogP contribution in [0.25, 0.3) is 0 Å². The second kappa shape index (κ2) is 9.89. The summed E-state index contributed by atoms with van der Waals surface area (Å²) in [4.78, 5) is 24.4. The molecule has 0 saturated heterocycles. The van der Waals surface area contributed by atoms with Crippen LogP contribution in [0.4, 0.5) is 4.79 Å². The third kappa shape index (κ3) is 5.93. The van der Waals surface area contributed by atoms with Gasteiger partial charge in [-0.1, -0.05) is 88.7 Å². The maximum absolute atomic E-state index is 12.9. The molecule has 0 fully saturated rings. The molecule has 5 nitrogen and oxygen atoms in total. The Hall–Kier alpha value is -3.12. The number of primary amides is 1. The van der Waals surface area contributed by atoms with E-state index in [1.165, 1.54) is 0 Å². The maximum atomic E-state index is 12.9. The quantitative estimate of drug-likeness (QED) is 0.495. The van der Waals surface area contributed by atoms with Gasteiger partial charge in [0.25, 0.3) is 0 Å². The number of hydrogen-bond donors (Lipinski definition) is 3. The molecule has 4 N–H and O–H groups in total. The molecule has 0 unspecified atom stereocenters. The first-order chi connectivity index (χ1) is 14.0. The molecule has 6 heteroatoms. The lowest BCUT2D eigenvalue weighted by molar-refractivity contribution is -0.122. The van der Waals surface area contributed by atoms with E-state index in [0.717, 1.165) is 21.2 Å². The molecule has 0 radical (unpaired) electrons. The van der Waals surface area contributed by atoms with Crippen LogP contribution in [0.15, 0.2) is 89.4 Å². The number of nitrogens with two attached hydrogens (primary N) is 1. The van der Waals surface area contributed by atoms with Crippen LogP contribution in [0.1, 0.15) is 35.2 Å². The van der Waals surface area contributed by atoms with Crippen molar-refractivity contribution in [3.8, 4) is 0 Å². The van der Waals surface area contributed by atoms with Crippen molar-refractivity contribution in [2.45, 2.75) is 18.5 Å². The molecular weight excluding hydrogens is 430 g/mol. The first kappa shape index (κ1) is 20.6. The summed E-state index contributed by atoms with van der Waals surface area (Å²) in [6.07, 6.45) is 0.0650. The number of halogens is 1. The number of nitrogens with one attached hydrogen (secondary N) is 2. The highest BCUT2D eigenvalue weighted by molar-refractivity contribution is 9.10. The molecule has 3 aromatic rings. The summed E-state index contributed by atoms with van der Waals surface area (Å²) in [5, 5.41) is 5.76. The molecule has 3 aromatic carbocycles. The SMILES string of the molecule is NC(=O)N[C@@H](CC(=O)NC(c1ccccc1)c1ccccc1)c1cccc(Br)c1. The second-order valence-electron chi connectivity index (χ2n) is 6.64. The van der Waals surface area contributed by atoms with E-state index in [-0.39, 0.29) is 18.4 Å². The number of benzene rings is 3. The zero-order valence-corrected chi connectivity index (χ0v) is 17.3. The predicted molar refractivity (Wildman–Crippen MR) is 117 cm³/mol. The Morgan fingerprint density at radius 1 is 0.793 bits per heavy atom. The van der Waals surface area contributed by atoms with Crippen molar-refractivity contribution in [2.75, 3.05) is 0 Å². The molecule has 0 aliphatic rings. The Bertz CT molecular complexity index is 925. The zero-order chi connectivity index (χ0) is 20.6. The molecule has 0 saturated carbocycles. The number of urea groups is 1. The normalized spacial score (nSPS) is 11.7. The smallest absolute Gasteiger partial charge is 0.312 e. The van der Waals surface area contributed by atoms with E-state index in [1.807, 2.05) is 84.9 Å². The Morgan fingerprint density at radius 2 is 1.34 bits per heavy atom. The van der Waals surface area contributed by atoms with Crippen LogP contribution in [0.2, 0.25) is 0 Å². The monoisotopic (exact) mass is 451 g/mol. The summed E-state index contributed by atoms with van der Waals surface area (Å²) in [5.41, 5.74) is 8.09. The Kier molecular flexibility index (Phi) is 7.03. The van der Waals surface area contributed by atoms with Crippen molar-refractivity contribution in [1.29, 1.82) is 0 Å². The molecule has 0 aliphatic heterocycles. The average molecular weight is 452 g/mol. The minimum Gasteiger partial charge on any atom is -0.352 e. The van der Waals surface area contributed by atoms with Gasteiger partial charge < -0.3 is 16.4 Å². The van der Waals surface area contributed by atoms with Crippen LogP contribution in [0, 0.1) is 0 Å². The minimum absolute atomic E-state index is 0.0650. The summed E-state index contributed by atoms with van der Waals surface area (Å²) < 4.78 is 0.859. The Labute approximate surface area is 178 Å². The Balaban J connectivity index is 1.82. The highest BCUT2D eigenvalue weighted by atomic mass is 79.9. The first-order valence-corrected chi connectivity index (χ1v) is 10.0. The van der Waals surface area contributed by atoms with E-state index in [4.69, 9.17) is 5.73 Å². The van der Waals surface area contributed by atoms with Crippen molar-refractivity contribution in [3.05, 3.63) is 106 Å². The topological polar surface area (TPSA) is 84.2 Å². The molecule has 29 heavy (non-hydrogen) atoms. The fraction of sp³-hybridized carbons (Fsp3) is 0.130. The average Bonchev–Trinajstić information content (AvgIpc) is 2.72. The second-order valence-corrected chi connectivity index (χ2v) is 7.56. The van der Waals surface area contributed by atoms with E-state index in [0.29, 0.717) is 0 Å². The molecule has 0 bridgehead atoms. The summed E-state index contributed by atoms with van der Waals surface area (Å²) in [6, 6.07) is 25.5. The molecule has 3 rings (SSSR count). The van der Waals surface area contributed by atoms with Gasteiger partial charge in [-0.05, 0) is 28.8 Å². The molecule has 3 amide bonds. The summed E-state index contributed by atoms with van der Waals surface area (Å²) in [6.45, 7) is 0. The molecule has 148 valence electrons. The van der Waals surface area contributed by atoms with Gasteiger partial charge in [-0.2, -0.15) is 0 Å². The highest BCUT2D eigenvalue weighted by Gasteiger charge is 2.21. The van der Waals surface area contributed by atoms with Gasteiger partial charge in [-0.3, -0.25) is 4.79 Å². The third-order valence-electron chi connectivity index (χ3n) is 4.53. The van der Waals surface area contributed by atoms with Crippen LogP contribution in [-0.2, 0) is 4.79 Å². The van der Waals surface area contributed by atoms with Crippen molar-refractivity contribution in [2.24, 2.45) is 5.73 Å². The third-order valence-corrected chi connectivity index (χ3v) is 5.02. The van der Waals surface area contributed by atoms with Crippen LogP contribution in [-0.4, -0.2) is 11.9 Å². The lowest BCUT2D eigenvalue weighted by atomic mass is 9.97. The lowest BCUT2D eigenvalue weighted by Gasteiger charge is -2.23. The van der Waals surface area contributed by atoms with Crippen molar-refractivity contribution >= 4 is 27.9 Å². The largest absolute Gasteiger partial charge is 0.352 e. The van der Waals surface area contributed by atoms with Gasteiger partial charge in [-0.15, -0.1) is 0 Å². The minimum atomic E-state index is -0.676. The molecule has 0 aromatic heterocycles. The number of rotatable bonds is 7. The predicted octanol–water partition coefficient (Wildman–Crippen LogP) is 4.45. The van der Waals surface area contributed by atoms with Crippen LogP contribution < -0.4 is 16.4 Å². The lowest BCUT2D eigenvalue weighted by Crippen LogP contribution is -2.37. The molecule has 0 spiro atoms. The molecular formula is C23H22BrN3O2. The van der Waals surface area contributed by atoms with E-state index in [2.05, 4.69) is 26.6 Å². The van der Waals surface area contributed by atoms with Crippen LogP contribution in [0.5, 0.6) is 0 Å². The van der Waals surface area contributed by atoms with Crippen LogP contribution >= 0.6 is 15.9 Å². The van der Waals surface area contributed by atoms with E-state index in [1.54, 1.807) is 0 Å². The van der Waals surface area contributed by atoms with E-state index < -0.39 is 12.1 Å². The van der Waals surface area contributed by atoms with Gasteiger partial charge in [0.15, 0.2) is 0 Å². The zero-order valence-electron chi connectivity index (χ0n) is 15.7. The van der Waals surface area contributed by atoms with Crippen molar-refractivity contribution in [1.82, 2.24) is 10.6 Å². The number of carbonyl (C=O) groups is 2. The number of carbonyl (C=O) groups excluding carboxylic acids is 2. The van der Waals surface area contributed by atoms with Gasteiger partial charge in [0.1, 0.15) is 0 Å². The van der Waals surface area contributed by atoms with Crippen molar-refractivity contribution < 1.29 is 9.59 Å². The van der Waals surface area contributed by atoms with Gasteiger partial charge in [0, 0.05) is 4.47 Å². The number of hydrogen-bond acceptors (Lipinski definition) is 2. The van der Waals surface area contributed by atoms with E-state index >= 15 is 0 Å². The Morgan fingerprint density at radius 3 is 1.86 bits per heavy atom.